The number of hydrogen-bond acceptors (Lipinski definition) is 5. The van der Waals surface area contributed by atoms with E-state index in [0.29, 0.717) is 12.2 Å². The molecule has 0 aliphatic heterocycles. The Morgan fingerprint density at radius 3 is 2.25 bits per heavy atom. The Bertz CT molecular complexity index is 1400. The predicted octanol–water partition coefficient (Wildman–Crippen LogP) is 5.38. The molecule has 0 spiro atoms. The molecular weight excluding hydrogens is 549 g/mol. The molecule has 1 N–H and O–H groups in total. The van der Waals surface area contributed by atoms with Crippen LogP contribution < -0.4 is 9.62 Å². The minimum Gasteiger partial charge on any atom is -0.354 e. The van der Waals surface area contributed by atoms with E-state index in [2.05, 4.69) is 5.32 Å². The van der Waals surface area contributed by atoms with Crippen LogP contribution in [-0.2, 0) is 26.2 Å². The number of amides is 2. The second-order valence-electron chi connectivity index (χ2n) is 9.46. The highest BCUT2D eigenvalue weighted by Gasteiger charge is 2.32. The molecule has 7 nitrogen and oxygen atoms in total. The number of rotatable bonds is 13. The first-order valence-corrected chi connectivity index (χ1v) is 15.8. The first kappa shape index (κ1) is 31.2. The van der Waals surface area contributed by atoms with E-state index in [1.807, 2.05) is 20.1 Å². The lowest BCUT2D eigenvalue weighted by Gasteiger charge is -2.32. The molecule has 3 aromatic rings. The van der Waals surface area contributed by atoms with E-state index in [9.17, 15) is 22.4 Å². The Hall–Kier alpha value is -3.37. The van der Waals surface area contributed by atoms with Gasteiger partial charge in [-0.25, -0.2) is 12.8 Å². The van der Waals surface area contributed by atoms with Crippen LogP contribution in [0.4, 0.5) is 10.1 Å². The number of nitrogens with one attached hydrogen (secondary N) is 1. The lowest BCUT2D eigenvalue weighted by atomic mass is 10.1. The van der Waals surface area contributed by atoms with Gasteiger partial charge in [-0.15, -0.1) is 11.8 Å². The molecule has 0 aliphatic carbocycles. The Balaban J connectivity index is 2.00. The van der Waals surface area contributed by atoms with Crippen LogP contribution in [0.3, 0.4) is 0 Å². The number of anilines is 1. The highest BCUT2D eigenvalue weighted by atomic mass is 32.2. The fourth-order valence-corrected chi connectivity index (χ4v) is 5.87. The van der Waals surface area contributed by atoms with Crippen LogP contribution in [0, 0.1) is 12.7 Å². The van der Waals surface area contributed by atoms with E-state index in [4.69, 9.17) is 0 Å². The van der Waals surface area contributed by atoms with Crippen molar-refractivity contribution in [2.45, 2.75) is 56.0 Å². The summed E-state index contributed by atoms with van der Waals surface area (Å²) in [5.74, 6) is -1.54. The Labute approximate surface area is 240 Å². The summed E-state index contributed by atoms with van der Waals surface area (Å²) in [5.41, 5.74) is 1.45. The lowest BCUT2D eigenvalue weighted by Crippen LogP contribution is -2.51. The molecule has 2 amide bonds. The third kappa shape index (κ3) is 7.85. The van der Waals surface area contributed by atoms with Crippen molar-refractivity contribution in [3.8, 4) is 0 Å². The fourth-order valence-electron chi connectivity index (χ4n) is 4.04. The van der Waals surface area contributed by atoms with Gasteiger partial charge in [0.25, 0.3) is 10.0 Å². The fraction of sp³-hybridized carbons (Fsp3) is 0.333. The zero-order chi connectivity index (χ0) is 29.3. The molecule has 10 heteroatoms. The maximum atomic E-state index is 14.6. The molecular formula is C30H36FN3O4S2. The van der Waals surface area contributed by atoms with E-state index in [1.165, 1.54) is 34.9 Å². The van der Waals surface area contributed by atoms with Gasteiger partial charge in [-0.1, -0.05) is 49.2 Å². The van der Waals surface area contributed by atoms with Crippen LogP contribution >= 0.6 is 11.8 Å². The molecule has 40 heavy (non-hydrogen) atoms. The van der Waals surface area contributed by atoms with E-state index < -0.39 is 40.2 Å². The van der Waals surface area contributed by atoms with Crippen LogP contribution in [-0.4, -0.2) is 50.5 Å². The van der Waals surface area contributed by atoms with Gasteiger partial charge < -0.3 is 10.2 Å². The Morgan fingerprint density at radius 1 is 1.00 bits per heavy atom. The van der Waals surface area contributed by atoms with Gasteiger partial charge in [-0.2, -0.15) is 0 Å². The van der Waals surface area contributed by atoms with E-state index in [1.54, 1.807) is 61.5 Å². The van der Waals surface area contributed by atoms with E-state index in [0.717, 1.165) is 27.6 Å². The van der Waals surface area contributed by atoms with E-state index in [-0.39, 0.29) is 17.0 Å². The molecule has 0 bridgehead atoms. The summed E-state index contributed by atoms with van der Waals surface area (Å²) in [6.07, 6.45) is 3.55. The Morgan fingerprint density at radius 2 is 1.65 bits per heavy atom. The molecule has 0 unspecified atom stereocenters. The van der Waals surface area contributed by atoms with Crippen molar-refractivity contribution in [3.05, 3.63) is 89.7 Å². The number of aryl methyl sites for hydroxylation is 1. The van der Waals surface area contributed by atoms with Crippen molar-refractivity contribution in [1.29, 1.82) is 0 Å². The Kier molecular flexibility index (Phi) is 11.2. The van der Waals surface area contributed by atoms with Crippen LogP contribution in [0.2, 0.25) is 0 Å². The summed E-state index contributed by atoms with van der Waals surface area (Å²) in [6.45, 7) is 5.11. The number of carbonyl (C=O) groups excluding carboxylic acids is 2. The standard InChI is InChI=1S/C30H36FN3O4S2/c1-5-6-19-32-30(36)23(3)33(20-24-9-7-8-10-28(24)31)29(35)21-34(25-13-11-22(2)12-14-25)40(37,38)27-17-15-26(39-4)16-18-27/h7-18,23H,5-6,19-21H2,1-4H3,(H,32,36)/t23-/m0/s1. The van der Waals surface area contributed by atoms with Crippen LogP contribution in [0.1, 0.15) is 37.8 Å². The number of thioether (sulfide) groups is 1. The quantitative estimate of drug-likeness (QED) is 0.215. The van der Waals surface area contributed by atoms with Gasteiger partial charge in [-0.05, 0) is 69.0 Å². The van der Waals surface area contributed by atoms with Gasteiger partial charge in [-0.3, -0.25) is 13.9 Å². The van der Waals surface area contributed by atoms with Crippen molar-refractivity contribution in [1.82, 2.24) is 10.2 Å². The zero-order valence-corrected chi connectivity index (χ0v) is 24.9. The SMILES string of the molecule is CCCCNC(=O)[C@H](C)N(Cc1ccccc1F)C(=O)CN(c1ccc(C)cc1)S(=O)(=O)c1ccc(SC)cc1. The second kappa shape index (κ2) is 14.3. The monoisotopic (exact) mass is 585 g/mol. The van der Waals surface area contributed by atoms with Gasteiger partial charge in [0.15, 0.2) is 0 Å². The highest BCUT2D eigenvalue weighted by Crippen LogP contribution is 2.26. The van der Waals surface area contributed by atoms with Gasteiger partial charge in [0.2, 0.25) is 11.8 Å². The third-order valence-corrected chi connectivity index (χ3v) is 9.08. The molecule has 1 atom stereocenters. The van der Waals surface area contributed by atoms with Crippen LogP contribution in [0.5, 0.6) is 0 Å². The largest absolute Gasteiger partial charge is 0.354 e. The van der Waals surface area contributed by atoms with Crippen LogP contribution in [0.15, 0.2) is 82.6 Å². The zero-order valence-electron chi connectivity index (χ0n) is 23.3. The number of sulfonamides is 1. The molecule has 3 aromatic carbocycles. The lowest BCUT2D eigenvalue weighted by molar-refractivity contribution is -0.139. The molecule has 0 heterocycles. The molecule has 214 valence electrons. The smallest absolute Gasteiger partial charge is 0.264 e. The van der Waals surface area contributed by atoms with Crippen molar-refractivity contribution < 1.29 is 22.4 Å². The van der Waals surface area contributed by atoms with E-state index >= 15 is 0 Å². The van der Waals surface area contributed by atoms with Crippen molar-refractivity contribution in [3.63, 3.8) is 0 Å². The first-order valence-electron chi connectivity index (χ1n) is 13.1. The predicted molar refractivity (Wildman–Crippen MR) is 158 cm³/mol. The summed E-state index contributed by atoms with van der Waals surface area (Å²) < 4.78 is 43.4. The summed E-state index contributed by atoms with van der Waals surface area (Å²) in [7, 11) is -4.16. The summed E-state index contributed by atoms with van der Waals surface area (Å²) >= 11 is 1.49. The van der Waals surface area contributed by atoms with Gasteiger partial charge >= 0.3 is 0 Å². The number of hydrogen-bond donors (Lipinski definition) is 1. The molecule has 3 rings (SSSR count). The number of unbranched alkanes of at least 4 members (excludes halogenated alkanes) is 1. The summed E-state index contributed by atoms with van der Waals surface area (Å²) in [6, 6.07) is 18.3. The minimum absolute atomic E-state index is 0.0321. The average molecular weight is 586 g/mol. The van der Waals surface area contributed by atoms with Gasteiger partial charge in [0.05, 0.1) is 10.6 Å². The third-order valence-electron chi connectivity index (χ3n) is 6.54. The number of nitrogens with zero attached hydrogens (tertiary/aromatic N) is 2. The topological polar surface area (TPSA) is 86.8 Å². The van der Waals surface area contributed by atoms with Gasteiger partial charge in [0, 0.05) is 23.5 Å². The molecule has 0 saturated heterocycles. The minimum atomic E-state index is -4.16. The van der Waals surface area contributed by atoms with Crippen molar-refractivity contribution in [2.75, 3.05) is 23.7 Å². The highest BCUT2D eigenvalue weighted by molar-refractivity contribution is 7.98. The molecule has 0 aromatic heterocycles. The van der Waals surface area contributed by atoms with Crippen molar-refractivity contribution >= 4 is 39.3 Å². The second-order valence-corrected chi connectivity index (χ2v) is 12.2. The molecule has 0 fully saturated rings. The normalized spacial score (nSPS) is 12.0. The molecule has 0 radical (unpaired) electrons. The summed E-state index contributed by atoms with van der Waals surface area (Å²) in [4.78, 5) is 29.0. The molecule has 0 saturated carbocycles. The first-order chi connectivity index (χ1) is 19.1. The van der Waals surface area contributed by atoms with Gasteiger partial charge in [0.1, 0.15) is 18.4 Å². The summed E-state index contributed by atoms with van der Waals surface area (Å²) in [5, 5.41) is 2.82. The average Bonchev–Trinajstić information content (AvgIpc) is 2.95. The van der Waals surface area contributed by atoms with Crippen molar-refractivity contribution in [2.24, 2.45) is 0 Å². The molecule has 0 aliphatic rings. The van der Waals surface area contributed by atoms with Crippen LogP contribution in [0.25, 0.3) is 0 Å². The maximum absolute atomic E-state index is 14.6. The maximum Gasteiger partial charge on any atom is 0.264 e. The number of halogens is 1. The number of benzene rings is 3. The number of carbonyl (C=O) groups is 2.